The first-order valence-electron chi connectivity index (χ1n) is 7.77. The molecule has 1 amide bonds. The van der Waals surface area contributed by atoms with Crippen LogP contribution in [0.2, 0.25) is 0 Å². The quantitative estimate of drug-likeness (QED) is 0.489. The van der Waals surface area contributed by atoms with E-state index in [1.165, 1.54) is 38.6 Å². The number of carbonyl (C=O) groups excluding carboxylic acids is 1. The van der Waals surface area contributed by atoms with E-state index >= 15 is 0 Å². The van der Waals surface area contributed by atoms with Crippen molar-refractivity contribution in [1.82, 2.24) is 10.2 Å². The normalized spacial score (nSPS) is 24.3. The molecule has 2 atom stereocenters. The second-order valence-electron chi connectivity index (χ2n) is 5.71. The van der Waals surface area contributed by atoms with Crippen molar-refractivity contribution >= 4 is 6.41 Å². The zero-order chi connectivity index (χ0) is 13.9. The number of ether oxygens (including phenoxy) is 1. The Morgan fingerprint density at radius 1 is 1.05 bits per heavy atom. The Balaban J connectivity index is 1.89. The molecule has 0 aromatic carbocycles. The average molecular weight is 270 g/mol. The molecule has 0 unspecified atom stereocenters. The van der Waals surface area contributed by atoms with E-state index in [4.69, 9.17) is 4.74 Å². The van der Waals surface area contributed by atoms with E-state index in [0.717, 1.165) is 32.5 Å². The Kier molecular flexibility index (Phi) is 8.84. The van der Waals surface area contributed by atoms with Gasteiger partial charge in [-0.25, -0.2) is 0 Å². The van der Waals surface area contributed by atoms with Crippen molar-refractivity contribution in [3.05, 3.63) is 0 Å². The number of hydrogen-bond donors (Lipinski definition) is 1. The highest BCUT2D eigenvalue weighted by molar-refractivity contribution is 5.45. The molecule has 1 aliphatic heterocycles. The molecule has 1 rings (SSSR count). The van der Waals surface area contributed by atoms with Gasteiger partial charge in [-0.2, -0.15) is 0 Å². The van der Waals surface area contributed by atoms with Crippen molar-refractivity contribution < 1.29 is 9.53 Å². The molecule has 4 nitrogen and oxygen atoms in total. The monoisotopic (exact) mass is 270 g/mol. The second-order valence-corrected chi connectivity index (χ2v) is 5.71. The summed E-state index contributed by atoms with van der Waals surface area (Å²) in [5, 5.41) is 2.70. The number of hydrogen-bond acceptors (Lipinski definition) is 3. The predicted octanol–water partition coefficient (Wildman–Crippen LogP) is 2.18. The maximum absolute atomic E-state index is 10.1. The van der Waals surface area contributed by atoms with E-state index in [2.05, 4.69) is 24.1 Å². The van der Waals surface area contributed by atoms with Gasteiger partial charge in [-0.3, -0.25) is 9.69 Å². The van der Waals surface area contributed by atoms with E-state index in [-0.39, 0.29) is 0 Å². The lowest BCUT2D eigenvalue weighted by Gasteiger charge is -2.35. The molecule has 4 heteroatoms. The van der Waals surface area contributed by atoms with Crippen LogP contribution in [0.15, 0.2) is 0 Å². The maximum Gasteiger partial charge on any atom is 0.207 e. The smallest absolute Gasteiger partial charge is 0.207 e. The summed E-state index contributed by atoms with van der Waals surface area (Å²) in [6.07, 6.45) is 9.11. The maximum atomic E-state index is 10.1. The van der Waals surface area contributed by atoms with Gasteiger partial charge >= 0.3 is 0 Å². The molecule has 1 heterocycles. The van der Waals surface area contributed by atoms with E-state index in [1.807, 2.05) is 0 Å². The Morgan fingerprint density at radius 3 is 2.26 bits per heavy atom. The van der Waals surface area contributed by atoms with Gasteiger partial charge in [-0.1, -0.05) is 25.7 Å². The first-order chi connectivity index (χ1) is 9.22. The fourth-order valence-corrected chi connectivity index (χ4v) is 2.80. The molecule has 0 aromatic heterocycles. The molecule has 0 radical (unpaired) electrons. The Hall–Kier alpha value is -0.610. The van der Waals surface area contributed by atoms with Gasteiger partial charge in [-0.15, -0.1) is 0 Å². The first-order valence-corrected chi connectivity index (χ1v) is 7.77. The molecule has 112 valence electrons. The van der Waals surface area contributed by atoms with Gasteiger partial charge in [0.2, 0.25) is 6.41 Å². The van der Waals surface area contributed by atoms with Crippen LogP contribution >= 0.6 is 0 Å². The molecule has 1 aliphatic rings. The molecule has 0 bridgehead atoms. The number of unbranched alkanes of at least 4 members (excludes halogenated alkanes) is 5. The fraction of sp³-hybridized carbons (Fsp3) is 0.933. The van der Waals surface area contributed by atoms with Gasteiger partial charge < -0.3 is 10.1 Å². The van der Waals surface area contributed by atoms with Crippen LogP contribution in [0.4, 0.5) is 0 Å². The summed E-state index contributed by atoms with van der Waals surface area (Å²) in [6, 6.07) is 0. The summed E-state index contributed by atoms with van der Waals surface area (Å²) in [4.78, 5) is 12.6. The largest absolute Gasteiger partial charge is 0.373 e. The van der Waals surface area contributed by atoms with E-state index in [1.54, 1.807) is 0 Å². The highest BCUT2D eigenvalue weighted by Gasteiger charge is 2.21. The van der Waals surface area contributed by atoms with Crippen LogP contribution in [0, 0.1) is 0 Å². The molecular formula is C15H30N2O2. The van der Waals surface area contributed by atoms with Crippen LogP contribution < -0.4 is 5.32 Å². The lowest BCUT2D eigenvalue weighted by molar-refractivity contribution is -0.109. The lowest BCUT2D eigenvalue weighted by Crippen LogP contribution is -2.45. The summed E-state index contributed by atoms with van der Waals surface area (Å²) >= 11 is 0. The fourth-order valence-electron chi connectivity index (χ4n) is 2.80. The van der Waals surface area contributed by atoms with Gasteiger partial charge in [0.25, 0.3) is 0 Å². The predicted molar refractivity (Wildman–Crippen MR) is 78.2 cm³/mol. The van der Waals surface area contributed by atoms with Crippen LogP contribution in [0.5, 0.6) is 0 Å². The number of amides is 1. The van der Waals surface area contributed by atoms with Crippen molar-refractivity contribution in [2.24, 2.45) is 0 Å². The van der Waals surface area contributed by atoms with Crippen LogP contribution in [-0.2, 0) is 9.53 Å². The van der Waals surface area contributed by atoms with E-state index < -0.39 is 0 Å². The van der Waals surface area contributed by atoms with Crippen molar-refractivity contribution in [1.29, 1.82) is 0 Å². The number of rotatable bonds is 10. The molecule has 1 saturated heterocycles. The van der Waals surface area contributed by atoms with Crippen LogP contribution in [0.25, 0.3) is 0 Å². The molecule has 1 fully saturated rings. The zero-order valence-electron chi connectivity index (χ0n) is 12.6. The molecule has 0 aliphatic carbocycles. The van der Waals surface area contributed by atoms with Crippen LogP contribution in [0.3, 0.4) is 0 Å². The van der Waals surface area contributed by atoms with Crippen molar-refractivity contribution in [3.63, 3.8) is 0 Å². The molecule has 19 heavy (non-hydrogen) atoms. The van der Waals surface area contributed by atoms with Crippen LogP contribution in [0.1, 0.15) is 52.4 Å². The van der Waals surface area contributed by atoms with Crippen molar-refractivity contribution in [2.75, 3.05) is 26.2 Å². The summed E-state index contributed by atoms with van der Waals surface area (Å²) in [7, 11) is 0. The Labute approximate surface area is 117 Å². The summed E-state index contributed by atoms with van der Waals surface area (Å²) in [5.41, 5.74) is 0. The van der Waals surface area contributed by atoms with Gasteiger partial charge in [0.1, 0.15) is 0 Å². The number of morpholine rings is 1. The third-order valence-electron chi connectivity index (χ3n) is 3.62. The highest BCUT2D eigenvalue weighted by Crippen LogP contribution is 2.12. The third kappa shape index (κ3) is 8.22. The lowest BCUT2D eigenvalue weighted by atomic mass is 10.1. The highest BCUT2D eigenvalue weighted by atomic mass is 16.5. The average Bonchev–Trinajstić information content (AvgIpc) is 2.36. The zero-order valence-corrected chi connectivity index (χ0v) is 12.6. The second kappa shape index (κ2) is 10.2. The van der Waals surface area contributed by atoms with Gasteiger partial charge in [-0.05, 0) is 33.2 Å². The Bertz CT molecular complexity index is 226. The van der Waals surface area contributed by atoms with Crippen LogP contribution in [-0.4, -0.2) is 49.7 Å². The third-order valence-corrected chi connectivity index (χ3v) is 3.62. The minimum Gasteiger partial charge on any atom is -0.373 e. The minimum absolute atomic E-state index is 0.383. The number of nitrogens with zero attached hydrogens (tertiary/aromatic N) is 1. The summed E-state index contributed by atoms with van der Waals surface area (Å²) < 4.78 is 5.74. The summed E-state index contributed by atoms with van der Waals surface area (Å²) in [6.45, 7) is 8.53. The van der Waals surface area contributed by atoms with Crippen molar-refractivity contribution in [3.8, 4) is 0 Å². The van der Waals surface area contributed by atoms with Crippen molar-refractivity contribution in [2.45, 2.75) is 64.6 Å². The first kappa shape index (κ1) is 16.4. The topological polar surface area (TPSA) is 41.6 Å². The van der Waals surface area contributed by atoms with E-state index in [9.17, 15) is 4.79 Å². The molecule has 0 aromatic rings. The molecular weight excluding hydrogens is 240 g/mol. The van der Waals surface area contributed by atoms with E-state index in [0.29, 0.717) is 12.2 Å². The molecule has 1 N–H and O–H groups in total. The number of carbonyl (C=O) groups is 1. The molecule has 0 spiro atoms. The minimum atomic E-state index is 0.383. The number of nitrogens with one attached hydrogen (secondary N) is 1. The van der Waals surface area contributed by atoms with Gasteiger partial charge in [0, 0.05) is 19.6 Å². The standard InChI is InChI=1S/C15H30N2O2/c1-14-11-17(12-15(2)19-14)10-8-6-4-3-5-7-9-16-13-18/h13-15H,3-12H2,1-2H3,(H,16,18)/t14-,15+. The summed E-state index contributed by atoms with van der Waals surface area (Å²) in [5.74, 6) is 0. The molecule has 0 saturated carbocycles. The van der Waals surface area contributed by atoms with Gasteiger partial charge in [0.05, 0.1) is 12.2 Å². The Morgan fingerprint density at radius 2 is 1.63 bits per heavy atom. The SMILES string of the molecule is C[C@@H]1CN(CCCCCCCCNC=O)C[C@H](C)O1. The van der Waals surface area contributed by atoms with Gasteiger partial charge in [0.15, 0.2) is 0 Å².